The van der Waals surface area contributed by atoms with Gasteiger partial charge in [0, 0.05) is 17.7 Å². The number of benzene rings is 2. The van der Waals surface area contributed by atoms with Crippen molar-refractivity contribution in [2.24, 2.45) is 5.10 Å². The quantitative estimate of drug-likeness (QED) is 0.280. The van der Waals surface area contributed by atoms with Crippen molar-refractivity contribution in [1.29, 1.82) is 0 Å². The zero-order valence-electron chi connectivity index (χ0n) is 16.6. The van der Waals surface area contributed by atoms with Crippen LogP contribution >= 0.6 is 0 Å². The van der Waals surface area contributed by atoms with Crippen LogP contribution in [-0.2, 0) is 0 Å². The number of para-hydroxylation sites is 2. The largest absolute Gasteiger partial charge is 0.493 e. The van der Waals surface area contributed by atoms with Gasteiger partial charge >= 0.3 is 5.69 Å². The van der Waals surface area contributed by atoms with Gasteiger partial charge in [-0.05, 0) is 24.3 Å². The van der Waals surface area contributed by atoms with Crippen LogP contribution in [0.1, 0.15) is 5.56 Å². The van der Waals surface area contributed by atoms with Gasteiger partial charge in [0.25, 0.3) is 11.2 Å². The molecule has 11 heteroatoms. The van der Waals surface area contributed by atoms with E-state index in [0.29, 0.717) is 26.9 Å². The number of fused-ring (bicyclic) bond motifs is 1. The molecule has 11 nitrogen and oxygen atoms in total. The summed E-state index contributed by atoms with van der Waals surface area (Å²) < 4.78 is 11.8. The topological polar surface area (TPSA) is 142 Å². The molecular weight excluding hydrogens is 418 g/mol. The Labute approximate surface area is 179 Å². The number of pyridine rings is 1. The van der Waals surface area contributed by atoms with Crippen molar-refractivity contribution in [2.75, 3.05) is 7.11 Å². The summed E-state index contributed by atoms with van der Waals surface area (Å²) in [7, 11) is 1.44. The lowest BCUT2D eigenvalue weighted by Gasteiger charge is -2.12. The second kappa shape index (κ2) is 8.52. The van der Waals surface area contributed by atoms with Gasteiger partial charge in [-0.15, -0.1) is 4.68 Å². The SMILES string of the molecule is COc1cccc(C=Nn2c(=O)[nH]c3ccccc3c2=O)c1Oc1ccc([N+](=O)[O-])cn1. The van der Waals surface area contributed by atoms with Gasteiger partial charge in [0.05, 0.1) is 29.2 Å². The average molecular weight is 433 g/mol. The van der Waals surface area contributed by atoms with Crippen molar-refractivity contribution in [3.63, 3.8) is 0 Å². The summed E-state index contributed by atoms with van der Waals surface area (Å²) in [5.41, 5.74) is -0.683. The number of hydrogen-bond donors (Lipinski definition) is 1. The first-order valence-electron chi connectivity index (χ1n) is 9.21. The van der Waals surface area contributed by atoms with E-state index in [1.807, 2.05) is 0 Å². The number of ether oxygens (including phenoxy) is 2. The number of H-pyrrole nitrogens is 1. The molecule has 0 bridgehead atoms. The lowest BCUT2D eigenvalue weighted by atomic mass is 10.2. The fraction of sp³-hybridized carbons (Fsp3) is 0.0476. The Bertz CT molecular complexity index is 1460. The van der Waals surface area contributed by atoms with Crippen LogP contribution in [-0.4, -0.2) is 32.9 Å². The van der Waals surface area contributed by atoms with Crippen LogP contribution in [0.5, 0.6) is 17.4 Å². The lowest BCUT2D eigenvalue weighted by molar-refractivity contribution is -0.385. The molecule has 0 aliphatic rings. The molecule has 32 heavy (non-hydrogen) atoms. The van der Waals surface area contributed by atoms with Crippen LogP contribution in [0, 0.1) is 10.1 Å². The maximum atomic E-state index is 12.7. The maximum absolute atomic E-state index is 12.7. The number of nitrogens with one attached hydrogen (secondary N) is 1. The predicted molar refractivity (Wildman–Crippen MR) is 116 cm³/mol. The molecule has 2 aromatic carbocycles. The Balaban J connectivity index is 1.74. The third-order valence-corrected chi connectivity index (χ3v) is 4.46. The van der Waals surface area contributed by atoms with Crippen molar-refractivity contribution in [2.45, 2.75) is 0 Å². The number of methoxy groups -OCH3 is 1. The first-order valence-corrected chi connectivity index (χ1v) is 9.21. The second-order valence-corrected chi connectivity index (χ2v) is 6.43. The van der Waals surface area contributed by atoms with E-state index in [1.54, 1.807) is 42.5 Å². The molecule has 4 aromatic rings. The van der Waals surface area contributed by atoms with Gasteiger partial charge in [-0.25, -0.2) is 9.78 Å². The number of hydrogen-bond acceptors (Lipinski definition) is 8. The van der Waals surface area contributed by atoms with E-state index in [-0.39, 0.29) is 17.3 Å². The van der Waals surface area contributed by atoms with Crippen molar-refractivity contribution in [3.05, 3.63) is 97.3 Å². The summed E-state index contributed by atoms with van der Waals surface area (Å²) in [4.78, 5) is 41.8. The van der Waals surface area contributed by atoms with E-state index in [9.17, 15) is 19.7 Å². The second-order valence-electron chi connectivity index (χ2n) is 6.43. The van der Waals surface area contributed by atoms with Crippen molar-refractivity contribution < 1.29 is 14.4 Å². The number of aromatic nitrogens is 3. The zero-order valence-corrected chi connectivity index (χ0v) is 16.6. The molecule has 0 aliphatic heterocycles. The summed E-state index contributed by atoms with van der Waals surface area (Å²) in [6.45, 7) is 0. The van der Waals surface area contributed by atoms with E-state index >= 15 is 0 Å². The van der Waals surface area contributed by atoms with E-state index < -0.39 is 16.2 Å². The van der Waals surface area contributed by atoms with Crippen LogP contribution in [0.4, 0.5) is 5.69 Å². The molecule has 2 aromatic heterocycles. The van der Waals surface area contributed by atoms with Crippen molar-refractivity contribution >= 4 is 22.8 Å². The molecule has 0 amide bonds. The first kappa shape index (κ1) is 20.5. The molecule has 2 heterocycles. The summed E-state index contributed by atoms with van der Waals surface area (Å²) in [5, 5.41) is 15.2. The Morgan fingerprint density at radius 2 is 1.94 bits per heavy atom. The average Bonchev–Trinajstić information content (AvgIpc) is 2.80. The standard InChI is InChI=1S/C21H15N5O6/c1-31-17-8-4-5-13(19(17)32-18-10-9-14(12-22-18)26(29)30)11-23-25-20(27)15-6-2-3-7-16(15)24-21(25)28/h2-12H,1H3,(H,24,28). The molecule has 0 radical (unpaired) electrons. The first-order chi connectivity index (χ1) is 15.5. The molecule has 0 spiro atoms. The molecule has 0 atom stereocenters. The van der Waals surface area contributed by atoms with E-state index in [2.05, 4.69) is 15.1 Å². The number of aromatic amines is 1. The van der Waals surface area contributed by atoms with Crippen molar-refractivity contribution in [1.82, 2.24) is 14.6 Å². The molecule has 160 valence electrons. The third-order valence-electron chi connectivity index (χ3n) is 4.46. The fourth-order valence-electron chi connectivity index (χ4n) is 2.93. The minimum atomic E-state index is -0.702. The molecule has 1 N–H and O–H groups in total. The number of rotatable bonds is 6. The van der Waals surface area contributed by atoms with Crippen LogP contribution in [0.2, 0.25) is 0 Å². The summed E-state index contributed by atoms with van der Waals surface area (Å²) >= 11 is 0. The normalized spacial score (nSPS) is 11.0. The minimum absolute atomic E-state index is 0.0791. The Hall–Kier alpha value is -4.80. The van der Waals surface area contributed by atoms with Gasteiger partial charge in [-0.2, -0.15) is 5.10 Å². The van der Waals surface area contributed by atoms with E-state index in [1.165, 1.54) is 25.5 Å². The molecule has 0 fully saturated rings. The van der Waals surface area contributed by atoms with Crippen molar-refractivity contribution in [3.8, 4) is 17.4 Å². The van der Waals surface area contributed by atoms with Gasteiger partial charge in [-0.1, -0.05) is 18.2 Å². The highest BCUT2D eigenvalue weighted by Crippen LogP contribution is 2.33. The summed E-state index contributed by atoms with van der Waals surface area (Å²) in [5.74, 6) is 0.606. The Morgan fingerprint density at radius 1 is 1.12 bits per heavy atom. The number of nitrogens with zero attached hydrogens (tertiary/aromatic N) is 4. The highest BCUT2D eigenvalue weighted by Gasteiger charge is 2.14. The monoisotopic (exact) mass is 433 g/mol. The maximum Gasteiger partial charge on any atom is 0.349 e. The zero-order chi connectivity index (χ0) is 22.7. The van der Waals surface area contributed by atoms with Crippen LogP contribution in [0.15, 0.2) is 75.5 Å². The summed E-state index contributed by atoms with van der Waals surface area (Å²) in [6.07, 6.45) is 2.33. The third kappa shape index (κ3) is 3.94. The minimum Gasteiger partial charge on any atom is -0.493 e. The Kier molecular flexibility index (Phi) is 5.45. The smallest absolute Gasteiger partial charge is 0.349 e. The lowest BCUT2D eigenvalue weighted by Crippen LogP contribution is -2.32. The van der Waals surface area contributed by atoms with Gasteiger partial charge in [-0.3, -0.25) is 14.9 Å². The fourth-order valence-corrected chi connectivity index (χ4v) is 2.93. The van der Waals surface area contributed by atoms with E-state index in [0.717, 1.165) is 6.20 Å². The molecular formula is C21H15N5O6. The van der Waals surface area contributed by atoms with E-state index in [4.69, 9.17) is 9.47 Å². The Morgan fingerprint density at radius 3 is 2.66 bits per heavy atom. The van der Waals surface area contributed by atoms with Crippen LogP contribution < -0.4 is 20.7 Å². The van der Waals surface area contributed by atoms with Crippen LogP contribution in [0.3, 0.4) is 0 Å². The predicted octanol–water partition coefficient (Wildman–Crippen LogP) is 2.68. The highest BCUT2D eigenvalue weighted by molar-refractivity contribution is 5.85. The summed E-state index contributed by atoms with van der Waals surface area (Å²) in [6, 6.07) is 14.1. The van der Waals surface area contributed by atoms with Gasteiger partial charge in [0.15, 0.2) is 11.5 Å². The molecule has 4 rings (SSSR count). The molecule has 0 unspecified atom stereocenters. The van der Waals surface area contributed by atoms with Crippen LogP contribution in [0.25, 0.3) is 10.9 Å². The molecule has 0 saturated heterocycles. The molecule has 0 aliphatic carbocycles. The van der Waals surface area contributed by atoms with Gasteiger partial charge in [0.1, 0.15) is 6.20 Å². The van der Waals surface area contributed by atoms with Gasteiger partial charge in [0.2, 0.25) is 5.88 Å². The highest BCUT2D eigenvalue weighted by atomic mass is 16.6. The number of nitro groups is 1. The molecule has 0 saturated carbocycles. The van der Waals surface area contributed by atoms with Gasteiger partial charge < -0.3 is 14.5 Å².